The van der Waals surface area contributed by atoms with E-state index in [2.05, 4.69) is 4.98 Å². The Kier molecular flexibility index (Phi) is 2.20. The van der Waals surface area contributed by atoms with Crippen LogP contribution >= 0.6 is 11.8 Å². The summed E-state index contributed by atoms with van der Waals surface area (Å²) in [4.78, 5) is 15.3. The second kappa shape index (κ2) is 3.47. The molecule has 1 aromatic rings. The average Bonchev–Trinajstić information content (AvgIpc) is 2.96. The first-order valence-electron chi connectivity index (χ1n) is 4.97. The molecule has 4 atom stereocenters. The molecule has 3 rings (SSSR count). The van der Waals surface area contributed by atoms with Gasteiger partial charge in [0.25, 0.3) is 0 Å². The van der Waals surface area contributed by atoms with Crippen molar-refractivity contribution in [3.63, 3.8) is 0 Å². The maximum atomic E-state index is 11.6. The van der Waals surface area contributed by atoms with Crippen molar-refractivity contribution >= 4 is 17.6 Å². The topological polar surface area (TPSA) is 90.4 Å². The zero-order valence-electron chi connectivity index (χ0n) is 8.31. The van der Waals surface area contributed by atoms with Gasteiger partial charge in [0.05, 0.1) is 23.2 Å². The molecule has 3 heterocycles. The molecule has 16 heavy (non-hydrogen) atoms. The largest absolute Gasteiger partial charge is 0.394 e. The zero-order chi connectivity index (χ0) is 11.3. The highest BCUT2D eigenvalue weighted by molar-refractivity contribution is 8.07. The van der Waals surface area contributed by atoms with Gasteiger partial charge in [-0.3, -0.25) is 4.57 Å². The highest BCUT2D eigenvalue weighted by atomic mass is 32.2. The maximum Gasteiger partial charge on any atom is 0.351 e. The Bertz CT molecular complexity index is 477. The fourth-order valence-corrected chi connectivity index (χ4v) is 3.23. The van der Waals surface area contributed by atoms with Crippen molar-refractivity contribution in [3.05, 3.63) is 22.7 Å². The first-order valence-corrected chi connectivity index (χ1v) is 5.91. The van der Waals surface area contributed by atoms with E-state index in [0.717, 1.165) is 0 Å². The quantitative estimate of drug-likeness (QED) is 0.659. The normalized spacial score (nSPS) is 36.1. The van der Waals surface area contributed by atoms with Crippen molar-refractivity contribution in [3.8, 4) is 0 Å². The summed E-state index contributed by atoms with van der Waals surface area (Å²) in [6.45, 7) is -0.0121. The predicted octanol–water partition coefficient (Wildman–Crippen LogP) is -0.801. The molecular formula is C9H11N3O3S. The summed E-state index contributed by atoms with van der Waals surface area (Å²) in [5, 5.41) is 9.64. The van der Waals surface area contributed by atoms with Crippen LogP contribution in [0.3, 0.4) is 0 Å². The monoisotopic (exact) mass is 241 g/mol. The van der Waals surface area contributed by atoms with Crippen LogP contribution in [0.1, 0.15) is 6.23 Å². The van der Waals surface area contributed by atoms with E-state index in [1.54, 1.807) is 24.0 Å². The molecule has 0 aromatic carbocycles. The third-order valence-electron chi connectivity index (χ3n) is 2.83. The van der Waals surface area contributed by atoms with Crippen LogP contribution in [0.4, 0.5) is 5.82 Å². The maximum absolute atomic E-state index is 11.6. The summed E-state index contributed by atoms with van der Waals surface area (Å²) in [6, 6.07) is 1.57. The second-order valence-corrected chi connectivity index (χ2v) is 5.22. The molecule has 2 fully saturated rings. The Morgan fingerprint density at radius 1 is 1.62 bits per heavy atom. The van der Waals surface area contributed by atoms with Crippen LogP contribution in [0.25, 0.3) is 0 Å². The molecule has 1 aromatic heterocycles. The number of anilines is 1. The lowest BCUT2D eigenvalue weighted by Crippen LogP contribution is -2.30. The third-order valence-corrected chi connectivity index (χ3v) is 4.27. The van der Waals surface area contributed by atoms with Crippen molar-refractivity contribution in [2.75, 3.05) is 12.3 Å². The summed E-state index contributed by atoms with van der Waals surface area (Å²) in [5.41, 5.74) is 5.01. The van der Waals surface area contributed by atoms with E-state index in [1.165, 1.54) is 4.57 Å². The van der Waals surface area contributed by atoms with Crippen LogP contribution in [-0.4, -0.2) is 37.9 Å². The molecule has 0 saturated carbocycles. The standard InChI is InChI=1S/C9H11N3O3S/c10-5-1-2-12(9(14)11-5)8-7-6(16-7)4(3-13)15-8/h1-2,4,6-8,13H,3H2,(H2,10,11,14)/t4-,6-,7-,8-/m1/s1. The fourth-order valence-electron chi connectivity index (χ4n) is 1.99. The number of hydrogen-bond acceptors (Lipinski definition) is 6. The molecule has 7 heteroatoms. The van der Waals surface area contributed by atoms with Gasteiger partial charge >= 0.3 is 5.69 Å². The number of aromatic nitrogens is 2. The lowest BCUT2D eigenvalue weighted by Gasteiger charge is -2.17. The van der Waals surface area contributed by atoms with Gasteiger partial charge in [-0.15, -0.1) is 11.8 Å². The fraction of sp³-hybridized carbons (Fsp3) is 0.556. The number of ether oxygens (including phenoxy) is 1. The van der Waals surface area contributed by atoms with E-state index in [0.29, 0.717) is 5.25 Å². The minimum absolute atomic E-state index is 0.0121. The van der Waals surface area contributed by atoms with E-state index < -0.39 is 5.69 Å². The smallest absolute Gasteiger partial charge is 0.351 e. The molecule has 0 unspecified atom stereocenters. The van der Waals surface area contributed by atoms with E-state index in [-0.39, 0.29) is 30.0 Å². The minimum atomic E-state index is -0.408. The summed E-state index contributed by atoms with van der Waals surface area (Å²) in [6.07, 6.45) is 1.09. The summed E-state index contributed by atoms with van der Waals surface area (Å²) >= 11 is 1.72. The molecule has 86 valence electrons. The Morgan fingerprint density at radius 2 is 2.44 bits per heavy atom. The summed E-state index contributed by atoms with van der Waals surface area (Å²) < 4.78 is 7.02. The lowest BCUT2D eigenvalue weighted by molar-refractivity contribution is -0.0253. The van der Waals surface area contributed by atoms with E-state index in [9.17, 15) is 4.79 Å². The van der Waals surface area contributed by atoms with Crippen molar-refractivity contribution in [2.45, 2.75) is 22.8 Å². The third kappa shape index (κ3) is 1.43. The van der Waals surface area contributed by atoms with Gasteiger partial charge in [-0.05, 0) is 6.07 Å². The molecule has 3 N–H and O–H groups in total. The SMILES string of the molecule is Nc1ccn([C@@H]2O[C@H](CO)[C@H]3S[C@H]32)c(=O)n1. The number of aliphatic hydroxyl groups is 1. The second-order valence-electron chi connectivity index (χ2n) is 3.86. The van der Waals surface area contributed by atoms with Gasteiger partial charge in [0.2, 0.25) is 0 Å². The molecule has 0 spiro atoms. The predicted molar refractivity (Wildman–Crippen MR) is 59.1 cm³/mol. The van der Waals surface area contributed by atoms with Crippen molar-refractivity contribution in [1.82, 2.24) is 9.55 Å². The Morgan fingerprint density at radius 3 is 3.06 bits per heavy atom. The lowest BCUT2D eigenvalue weighted by atomic mass is 10.2. The number of hydrogen-bond donors (Lipinski definition) is 2. The van der Waals surface area contributed by atoms with Crippen LogP contribution in [0.2, 0.25) is 0 Å². The Labute approximate surface area is 95.4 Å². The van der Waals surface area contributed by atoms with Gasteiger partial charge in [-0.25, -0.2) is 4.79 Å². The number of fused-ring (bicyclic) bond motifs is 1. The Hall–Kier alpha value is -1.05. The first kappa shape index (κ1) is 10.1. The average molecular weight is 241 g/mol. The summed E-state index contributed by atoms with van der Waals surface area (Å²) in [5.74, 6) is 0.206. The van der Waals surface area contributed by atoms with Crippen molar-refractivity contribution in [1.29, 1.82) is 0 Å². The van der Waals surface area contributed by atoms with Gasteiger partial charge in [-0.2, -0.15) is 4.98 Å². The number of rotatable bonds is 2. The molecule has 2 aliphatic rings. The molecule has 6 nitrogen and oxygen atoms in total. The number of nitrogens with two attached hydrogens (primary N) is 1. The molecule has 2 saturated heterocycles. The highest BCUT2D eigenvalue weighted by Crippen LogP contribution is 2.56. The van der Waals surface area contributed by atoms with E-state index in [4.69, 9.17) is 15.6 Å². The van der Waals surface area contributed by atoms with Gasteiger partial charge < -0.3 is 15.6 Å². The van der Waals surface area contributed by atoms with Crippen molar-refractivity contribution in [2.24, 2.45) is 0 Å². The molecular weight excluding hydrogens is 230 g/mol. The van der Waals surface area contributed by atoms with Gasteiger partial charge in [0.1, 0.15) is 5.82 Å². The van der Waals surface area contributed by atoms with Gasteiger partial charge in [-0.1, -0.05) is 0 Å². The van der Waals surface area contributed by atoms with Crippen LogP contribution in [0.15, 0.2) is 17.1 Å². The number of aliphatic hydroxyl groups excluding tert-OH is 1. The number of nitrogens with zero attached hydrogens (tertiary/aromatic N) is 2. The molecule has 0 radical (unpaired) electrons. The van der Waals surface area contributed by atoms with Crippen LogP contribution < -0.4 is 11.4 Å². The van der Waals surface area contributed by atoms with Crippen LogP contribution in [0.5, 0.6) is 0 Å². The van der Waals surface area contributed by atoms with Gasteiger partial charge in [0.15, 0.2) is 6.23 Å². The molecule has 2 aliphatic heterocycles. The Balaban J connectivity index is 1.91. The summed E-state index contributed by atoms with van der Waals surface area (Å²) in [7, 11) is 0. The minimum Gasteiger partial charge on any atom is -0.394 e. The van der Waals surface area contributed by atoms with Crippen LogP contribution in [0, 0.1) is 0 Å². The first-order chi connectivity index (χ1) is 7.70. The van der Waals surface area contributed by atoms with Gasteiger partial charge in [0, 0.05) is 6.20 Å². The zero-order valence-corrected chi connectivity index (χ0v) is 9.13. The number of nitrogen functional groups attached to an aromatic ring is 1. The van der Waals surface area contributed by atoms with E-state index in [1.807, 2.05) is 0 Å². The number of thioether (sulfide) groups is 1. The van der Waals surface area contributed by atoms with Crippen molar-refractivity contribution < 1.29 is 9.84 Å². The highest BCUT2D eigenvalue weighted by Gasteiger charge is 2.57. The van der Waals surface area contributed by atoms with Crippen LogP contribution in [-0.2, 0) is 4.74 Å². The molecule has 0 bridgehead atoms. The van der Waals surface area contributed by atoms with E-state index >= 15 is 0 Å². The molecule has 0 aliphatic carbocycles. The molecule has 0 amide bonds.